The Morgan fingerprint density at radius 1 is 1.40 bits per heavy atom. The summed E-state index contributed by atoms with van der Waals surface area (Å²) in [4.78, 5) is 12.2. The summed E-state index contributed by atoms with van der Waals surface area (Å²) in [6, 6.07) is 0. The third-order valence-corrected chi connectivity index (χ3v) is 5.49. The Morgan fingerprint density at radius 3 is 2.75 bits per heavy atom. The van der Waals surface area contributed by atoms with Crippen LogP contribution in [-0.4, -0.2) is 12.5 Å². The Bertz CT molecular complexity index is 362. The molecule has 0 spiro atoms. The van der Waals surface area contributed by atoms with E-state index in [1.165, 1.54) is 38.5 Å². The van der Waals surface area contributed by atoms with E-state index >= 15 is 0 Å². The van der Waals surface area contributed by atoms with Crippen molar-refractivity contribution in [1.82, 2.24) is 5.32 Å². The molecule has 1 amide bonds. The van der Waals surface area contributed by atoms with Crippen molar-refractivity contribution in [2.24, 2.45) is 23.2 Å². The number of amides is 1. The molecule has 2 nitrogen and oxygen atoms in total. The summed E-state index contributed by atoms with van der Waals surface area (Å²) in [5.74, 6) is 2.31. The van der Waals surface area contributed by atoms with Crippen molar-refractivity contribution in [2.75, 3.05) is 6.54 Å². The molecule has 1 fully saturated rings. The van der Waals surface area contributed by atoms with Gasteiger partial charge in [0.15, 0.2) is 0 Å². The lowest BCUT2D eigenvalue weighted by atomic mass is 9.75. The summed E-state index contributed by atoms with van der Waals surface area (Å²) in [6.07, 6.45) is 12.8. The van der Waals surface area contributed by atoms with Gasteiger partial charge in [0, 0.05) is 13.0 Å². The molecular weight excluding hydrogens is 246 g/mol. The van der Waals surface area contributed by atoms with E-state index in [9.17, 15) is 4.79 Å². The summed E-state index contributed by atoms with van der Waals surface area (Å²) < 4.78 is 0. The lowest BCUT2D eigenvalue weighted by molar-refractivity contribution is -0.123. The molecule has 2 bridgehead atoms. The van der Waals surface area contributed by atoms with Gasteiger partial charge in [-0.25, -0.2) is 0 Å². The second-order valence-electron chi connectivity index (χ2n) is 7.24. The van der Waals surface area contributed by atoms with Gasteiger partial charge in [-0.05, 0) is 42.4 Å². The van der Waals surface area contributed by atoms with Crippen LogP contribution in [0, 0.1) is 23.2 Å². The number of carbonyl (C=O) groups is 1. The predicted octanol–water partition coefficient (Wildman–Crippen LogP) is 4.31. The van der Waals surface area contributed by atoms with Crippen LogP contribution in [0.2, 0.25) is 0 Å². The van der Waals surface area contributed by atoms with E-state index in [-0.39, 0.29) is 11.3 Å². The highest BCUT2D eigenvalue weighted by Gasteiger charge is 2.45. The van der Waals surface area contributed by atoms with Crippen LogP contribution in [0.1, 0.15) is 65.7 Å². The Hall–Kier alpha value is -0.790. The summed E-state index contributed by atoms with van der Waals surface area (Å²) >= 11 is 0. The maximum Gasteiger partial charge on any atom is 0.220 e. The van der Waals surface area contributed by atoms with Gasteiger partial charge in [-0.2, -0.15) is 0 Å². The molecule has 1 N–H and O–H groups in total. The SMILES string of the molecule is CCCCC(CC)CNC(=O)CC1(C)CC2C=CC1C2. The Morgan fingerprint density at radius 2 is 2.20 bits per heavy atom. The molecule has 0 aromatic rings. The molecule has 0 aliphatic heterocycles. The molecule has 0 heterocycles. The molecule has 0 radical (unpaired) electrons. The van der Waals surface area contributed by atoms with Crippen molar-refractivity contribution in [3.63, 3.8) is 0 Å². The minimum atomic E-state index is 0.217. The van der Waals surface area contributed by atoms with Gasteiger partial charge in [-0.3, -0.25) is 4.79 Å². The third-order valence-electron chi connectivity index (χ3n) is 5.49. The molecule has 0 saturated heterocycles. The number of fused-ring (bicyclic) bond motifs is 2. The lowest BCUT2D eigenvalue weighted by Crippen LogP contribution is -2.35. The van der Waals surface area contributed by atoms with E-state index < -0.39 is 0 Å². The van der Waals surface area contributed by atoms with Crippen LogP contribution in [0.4, 0.5) is 0 Å². The first-order valence-electron chi connectivity index (χ1n) is 8.52. The van der Waals surface area contributed by atoms with Crippen LogP contribution in [0.5, 0.6) is 0 Å². The third kappa shape index (κ3) is 3.65. The Kier molecular flexibility index (Phi) is 5.29. The minimum Gasteiger partial charge on any atom is -0.356 e. The first-order valence-corrected chi connectivity index (χ1v) is 8.52. The Labute approximate surface area is 124 Å². The van der Waals surface area contributed by atoms with Crippen molar-refractivity contribution >= 4 is 5.91 Å². The van der Waals surface area contributed by atoms with Gasteiger partial charge in [0.2, 0.25) is 5.91 Å². The van der Waals surface area contributed by atoms with E-state index in [1.807, 2.05) is 0 Å². The highest BCUT2D eigenvalue weighted by atomic mass is 16.1. The number of carbonyl (C=O) groups excluding carboxylic acids is 1. The van der Waals surface area contributed by atoms with Crippen molar-refractivity contribution in [3.8, 4) is 0 Å². The van der Waals surface area contributed by atoms with E-state index in [0.717, 1.165) is 12.5 Å². The number of unbranched alkanes of at least 4 members (excludes halogenated alkanes) is 1. The highest BCUT2D eigenvalue weighted by Crippen LogP contribution is 2.53. The normalized spacial score (nSPS) is 32.5. The van der Waals surface area contributed by atoms with Gasteiger partial charge in [-0.15, -0.1) is 0 Å². The van der Waals surface area contributed by atoms with Crippen molar-refractivity contribution in [1.29, 1.82) is 0 Å². The zero-order valence-electron chi connectivity index (χ0n) is 13.5. The van der Waals surface area contributed by atoms with Crippen LogP contribution in [-0.2, 0) is 4.79 Å². The Balaban J connectivity index is 1.74. The largest absolute Gasteiger partial charge is 0.356 e. The average Bonchev–Trinajstić information content (AvgIpc) is 2.98. The zero-order chi connectivity index (χ0) is 14.6. The molecular formula is C18H31NO. The molecule has 114 valence electrons. The second kappa shape index (κ2) is 6.78. The lowest BCUT2D eigenvalue weighted by Gasteiger charge is -2.31. The van der Waals surface area contributed by atoms with Crippen LogP contribution >= 0.6 is 0 Å². The van der Waals surface area contributed by atoms with E-state index in [0.29, 0.717) is 18.3 Å². The first-order chi connectivity index (χ1) is 9.57. The maximum absolute atomic E-state index is 12.2. The number of nitrogens with one attached hydrogen (secondary N) is 1. The zero-order valence-corrected chi connectivity index (χ0v) is 13.5. The maximum atomic E-state index is 12.2. The predicted molar refractivity (Wildman–Crippen MR) is 84.4 cm³/mol. The van der Waals surface area contributed by atoms with Gasteiger partial charge in [-0.1, -0.05) is 52.2 Å². The van der Waals surface area contributed by atoms with Crippen LogP contribution in [0.3, 0.4) is 0 Å². The fourth-order valence-electron chi connectivity index (χ4n) is 4.03. The smallest absolute Gasteiger partial charge is 0.220 e. The topological polar surface area (TPSA) is 29.1 Å². The fourth-order valence-corrected chi connectivity index (χ4v) is 4.03. The van der Waals surface area contributed by atoms with Gasteiger partial charge in [0.1, 0.15) is 0 Å². The standard InChI is InChI=1S/C18H31NO/c1-4-6-7-14(5-2)13-19-17(20)12-18(3)11-15-8-9-16(18)10-15/h8-9,14-16H,4-7,10-13H2,1-3H3,(H,19,20). The molecule has 4 atom stereocenters. The number of allylic oxidation sites excluding steroid dienone is 2. The van der Waals surface area contributed by atoms with E-state index in [2.05, 4.69) is 38.2 Å². The first kappa shape index (κ1) is 15.6. The number of rotatable bonds is 8. The monoisotopic (exact) mass is 277 g/mol. The van der Waals surface area contributed by atoms with Crippen molar-refractivity contribution in [3.05, 3.63) is 12.2 Å². The van der Waals surface area contributed by atoms with Crippen molar-refractivity contribution < 1.29 is 4.79 Å². The van der Waals surface area contributed by atoms with Gasteiger partial charge >= 0.3 is 0 Å². The minimum absolute atomic E-state index is 0.217. The van der Waals surface area contributed by atoms with E-state index in [1.54, 1.807) is 0 Å². The van der Waals surface area contributed by atoms with Crippen molar-refractivity contribution in [2.45, 2.75) is 65.7 Å². The second-order valence-corrected chi connectivity index (χ2v) is 7.24. The van der Waals surface area contributed by atoms with Gasteiger partial charge in [0.25, 0.3) is 0 Å². The molecule has 4 unspecified atom stereocenters. The van der Waals surface area contributed by atoms with Crippen LogP contribution in [0.25, 0.3) is 0 Å². The van der Waals surface area contributed by atoms with Crippen LogP contribution in [0.15, 0.2) is 12.2 Å². The average molecular weight is 277 g/mol. The molecule has 2 aliphatic carbocycles. The summed E-state index contributed by atoms with van der Waals surface area (Å²) in [5, 5.41) is 3.19. The van der Waals surface area contributed by atoms with Gasteiger partial charge in [0.05, 0.1) is 0 Å². The summed E-state index contributed by atoms with van der Waals surface area (Å²) in [6.45, 7) is 7.63. The summed E-state index contributed by atoms with van der Waals surface area (Å²) in [5.41, 5.74) is 0.217. The quantitative estimate of drug-likeness (QED) is 0.658. The summed E-state index contributed by atoms with van der Waals surface area (Å²) in [7, 11) is 0. The van der Waals surface area contributed by atoms with Crippen LogP contribution < -0.4 is 5.32 Å². The number of hydrogen-bond donors (Lipinski definition) is 1. The van der Waals surface area contributed by atoms with Gasteiger partial charge < -0.3 is 5.32 Å². The molecule has 2 aliphatic rings. The number of hydrogen-bond acceptors (Lipinski definition) is 1. The molecule has 20 heavy (non-hydrogen) atoms. The highest BCUT2D eigenvalue weighted by molar-refractivity contribution is 5.76. The van der Waals surface area contributed by atoms with E-state index in [4.69, 9.17) is 0 Å². The molecule has 2 heteroatoms. The molecule has 0 aromatic heterocycles. The fraction of sp³-hybridized carbons (Fsp3) is 0.833. The molecule has 2 rings (SSSR count). The molecule has 1 saturated carbocycles. The molecule has 0 aromatic carbocycles.